The summed E-state index contributed by atoms with van der Waals surface area (Å²) in [6.45, 7) is 4.58. The number of likely N-dealkylation sites (tertiary alicyclic amines) is 1. The molecule has 2 unspecified atom stereocenters. The van der Waals surface area contributed by atoms with E-state index in [4.69, 9.17) is 9.84 Å². The van der Waals surface area contributed by atoms with Gasteiger partial charge in [-0.25, -0.2) is 0 Å². The van der Waals surface area contributed by atoms with Crippen molar-refractivity contribution < 1.29 is 9.84 Å². The zero-order valence-corrected chi connectivity index (χ0v) is 11.4. The molecule has 2 aliphatic heterocycles. The van der Waals surface area contributed by atoms with E-state index in [0.29, 0.717) is 18.4 Å². The summed E-state index contributed by atoms with van der Waals surface area (Å²) in [5, 5.41) is 9.08. The molecule has 2 atom stereocenters. The fourth-order valence-corrected chi connectivity index (χ4v) is 3.43. The van der Waals surface area contributed by atoms with Crippen molar-refractivity contribution in [3.8, 4) is 5.75 Å². The average molecular weight is 261 g/mol. The van der Waals surface area contributed by atoms with Gasteiger partial charge in [0.1, 0.15) is 5.75 Å². The molecule has 0 amide bonds. The Bertz CT molecular complexity index is 419. The highest BCUT2D eigenvalue weighted by Gasteiger charge is 2.28. The zero-order valence-electron chi connectivity index (χ0n) is 11.4. The van der Waals surface area contributed by atoms with E-state index in [9.17, 15) is 0 Å². The highest BCUT2D eigenvalue weighted by Crippen LogP contribution is 2.34. The molecule has 1 aromatic carbocycles. The SMILES string of the molecule is OCCC1CCCN(CC2COc3ccccc32)C1. The first-order valence-electron chi connectivity index (χ1n) is 7.41. The molecule has 0 saturated carbocycles. The molecule has 1 saturated heterocycles. The van der Waals surface area contributed by atoms with Gasteiger partial charge in [-0.15, -0.1) is 0 Å². The van der Waals surface area contributed by atoms with E-state index in [0.717, 1.165) is 31.9 Å². The van der Waals surface area contributed by atoms with Crippen molar-refractivity contribution >= 4 is 0 Å². The Morgan fingerprint density at radius 2 is 2.21 bits per heavy atom. The van der Waals surface area contributed by atoms with Crippen LogP contribution in [0.1, 0.15) is 30.7 Å². The van der Waals surface area contributed by atoms with Crippen molar-refractivity contribution in [2.24, 2.45) is 5.92 Å². The van der Waals surface area contributed by atoms with Crippen LogP contribution < -0.4 is 4.74 Å². The van der Waals surface area contributed by atoms with Crippen molar-refractivity contribution in [1.82, 2.24) is 4.90 Å². The molecule has 0 radical (unpaired) electrons. The number of aliphatic hydroxyl groups excluding tert-OH is 1. The number of para-hydroxylation sites is 1. The normalized spacial score (nSPS) is 27.0. The van der Waals surface area contributed by atoms with Crippen LogP contribution in [0.3, 0.4) is 0 Å². The van der Waals surface area contributed by atoms with Gasteiger partial charge in [0.25, 0.3) is 0 Å². The lowest BCUT2D eigenvalue weighted by molar-refractivity contribution is 0.137. The van der Waals surface area contributed by atoms with Crippen LogP contribution in [0.4, 0.5) is 0 Å². The number of fused-ring (bicyclic) bond motifs is 1. The minimum atomic E-state index is 0.327. The van der Waals surface area contributed by atoms with Gasteiger partial charge in [0, 0.05) is 31.2 Å². The number of benzene rings is 1. The highest BCUT2D eigenvalue weighted by atomic mass is 16.5. The van der Waals surface area contributed by atoms with Crippen LogP contribution in [0.2, 0.25) is 0 Å². The Morgan fingerprint density at radius 1 is 1.32 bits per heavy atom. The van der Waals surface area contributed by atoms with E-state index in [2.05, 4.69) is 23.1 Å². The number of hydrogen-bond acceptors (Lipinski definition) is 3. The van der Waals surface area contributed by atoms with Crippen LogP contribution in [-0.2, 0) is 0 Å². The van der Waals surface area contributed by atoms with Crippen molar-refractivity contribution in [2.75, 3.05) is 32.8 Å². The fraction of sp³-hybridized carbons (Fsp3) is 0.625. The Morgan fingerprint density at radius 3 is 3.11 bits per heavy atom. The lowest BCUT2D eigenvalue weighted by Crippen LogP contribution is -2.38. The first-order chi connectivity index (χ1) is 9.36. The lowest BCUT2D eigenvalue weighted by Gasteiger charge is -2.33. The molecule has 19 heavy (non-hydrogen) atoms. The molecule has 0 bridgehead atoms. The third-order valence-electron chi connectivity index (χ3n) is 4.42. The highest BCUT2D eigenvalue weighted by molar-refractivity contribution is 5.39. The summed E-state index contributed by atoms with van der Waals surface area (Å²) >= 11 is 0. The summed E-state index contributed by atoms with van der Waals surface area (Å²) in [6, 6.07) is 8.41. The molecule has 1 N–H and O–H groups in total. The summed E-state index contributed by atoms with van der Waals surface area (Å²) in [5.74, 6) is 2.26. The third kappa shape index (κ3) is 2.93. The Balaban J connectivity index is 1.60. The number of hydrogen-bond donors (Lipinski definition) is 1. The number of ether oxygens (including phenoxy) is 1. The maximum atomic E-state index is 9.08. The molecule has 3 heteroatoms. The fourth-order valence-electron chi connectivity index (χ4n) is 3.43. The minimum Gasteiger partial charge on any atom is -0.493 e. The summed E-state index contributed by atoms with van der Waals surface area (Å²) in [5.41, 5.74) is 1.37. The first kappa shape index (κ1) is 12.9. The molecule has 2 heterocycles. The average Bonchev–Trinajstić information content (AvgIpc) is 2.83. The van der Waals surface area contributed by atoms with Gasteiger partial charge < -0.3 is 14.7 Å². The second-order valence-corrected chi connectivity index (χ2v) is 5.83. The van der Waals surface area contributed by atoms with E-state index in [1.807, 2.05) is 6.07 Å². The van der Waals surface area contributed by atoms with Crippen LogP contribution in [-0.4, -0.2) is 42.9 Å². The number of piperidine rings is 1. The predicted molar refractivity (Wildman–Crippen MR) is 75.5 cm³/mol. The molecule has 0 spiro atoms. The van der Waals surface area contributed by atoms with E-state index in [-0.39, 0.29) is 0 Å². The van der Waals surface area contributed by atoms with E-state index in [1.54, 1.807) is 0 Å². The van der Waals surface area contributed by atoms with E-state index >= 15 is 0 Å². The van der Waals surface area contributed by atoms with Crippen LogP contribution in [0, 0.1) is 5.92 Å². The molecule has 0 aliphatic carbocycles. The molecule has 0 aromatic heterocycles. The summed E-state index contributed by atoms with van der Waals surface area (Å²) < 4.78 is 5.76. The van der Waals surface area contributed by atoms with Crippen LogP contribution >= 0.6 is 0 Å². The maximum Gasteiger partial charge on any atom is 0.122 e. The second-order valence-electron chi connectivity index (χ2n) is 5.83. The summed E-state index contributed by atoms with van der Waals surface area (Å²) in [7, 11) is 0. The largest absolute Gasteiger partial charge is 0.493 e. The molecular formula is C16H23NO2. The molecule has 1 fully saturated rings. The van der Waals surface area contributed by atoms with Gasteiger partial charge in [0.15, 0.2) is 0 Å². The van der Waals surface area contributed by atoms with E-state index < -0.39 is 0 Å². The maximum absolute atomic E-state index is 9.08. The van der Waals surface area contributed by atoms with Crippen LogP contribution in [0.25, 0.3) is 0 Å². The quantitative estimate of drug-likeness (QED) is 0.902. The smallest absolute Gasteiger partial charge is 0.122 e. The lowest BCUT2D eigenvalue weighted by atomic mass is 9.93. The Labute approximate surface area is 115 Å². The standard InChI is InChI=1S/C16H23NO2/c18-9-7-13-4-3-8-17(10-13)11-14-12-19-16-6-2-1-5-15(14)16/h1-2,5-6,13-14,18H,3-4,7-12H2. The summed E-state index contributed by atoms with van der Waals surface area (Å²) in [6.07, 6.45) is 3.49. The van der Waals surface area contributed by atoms with Gasteiger partial charge in [-0.2, -0.15) is 0 Å². The number of rotatable bonds is 4. The third-order valence-corrected chi connectivity index (χ3v) is 4.42. The van der Waals surface area contributed by atoms with Crippen LogP contribution in [0.15, 0.2) is 24.3 Å². The zero-order chi connectivity index (χ0) is 13.1. The molecule has 3 nitrogen and oxygen atoms in total. The molecular weight excluding hydrogens is 238 g/mol. The topological polar surface area (TPSA) is 32.7 Å². The Hall–Kier alpha value is -1.06. The van der Waals surface area contributed by atoms with Gasteiger partial charge in [0.2, 0.25) is 0 Å². The molecule has 104 valence electrons. The van der Waals surface area contributed by atoms with Gasteiger partial charge in [0.05, 0.1) is 6.61 Å². The van der Waals surface area contributed by atoms with Gasteiger partial charge >= 0.3 is 0 Å². The first-order valence-corrected chi connectivity index (χ1v) is 7.41. The van der Waals surface area contributed by atoms with Crippen molar-refractivity contribution in [1.29, 1.82) is 0 Å². The predicted octanol–water partition coefficient (Wildman–Crippen LogP) is 2.26. The van der Waals surface area contributed by atoms with E-state index in [1.165, 1.54) is 24.9 Å². The van der Waals surface area contributed by atoms with Crippen molar-refractivity contribution in [3.05, 3.63) is 29.8 Å². The van der Waals surface area contributed by atoms with Crippen molar-refractivity contribution in [3.63, 3.8) is 0 Å². The number of aliphatic hydroxyl groups is 1. The molecule has 3 rings (SSSR count). The van der Waals surface area contributed by atoms with Gasteiger partial charge in [-0.1, -0.05) is 18.2 Å². The monoisotopic (exact) mass is 261 g/mol. The van der Waals surface area contributed by atoms with Gasteiger partial charge in [-0.3, -0.25) is 0 Å². The second kappa shape index (κ2) is 5.93. The van der Waals surface area contributed by atoms with Crippen molar-refractivity contribution in [2.45, 2.75) is 25.2 Å². The number of nitrogens with zero attached hydrogens (tertiary/aromatic N) is 1. The van der Waals surface area contributed by atoms with Gasteiger partial charge in [-0.05, 0) is 37.8 Å². The molecule has 1 aromatic rings. The summed E-state index contributed by atoms with van der Waals surface area (Å²) in [4.78, 5) is 2.56. The molecule has 2 aliphatic rings. The van der Waals surface area contributed by atoms with Crippen LogP contribution in [0.5, 0.6) is 5.75 Å². The minimum absolute atomic E-state index is 0.327. The Kier molecular flexibility index (Phi) is 4.04.